The standard InChI is InChI=1S/C12H16N4O2/c1-16-10(2-5-15-16)8-14-11(17)12(9-13)3-6-18-7-4-12/h2,5H,3-4,6-8H2,1H3,(H,14,17). The van der Waals surface area contributed by atoms with Crippen LogP contribution < -0.4 is 5.32 Å². The van der Waals surface area contributed by atoms with E-state index in [9.17, 15) is 10.1 Å². The van der Waals surface area contributed by atoms with Gasteiger partial charge >= 0.3 is 0 Å². The lowest BCUT2D eigenvalue weighted by atomic mass is 9.81. The van der Waals surface area contributed by atoms with Crippen molar-refractivity contribution in [2.75, 3.05) is 13.2 Å². The van der Waals surface area contributed by atoms with Crippen LogP contribution in [-0.2, 0) is 23.1 Å². The monoisotopic (exact) mass is 248 g/mol. The lowest BCUT2D eigenvalue weighted by Crippen LogP contribution is -2.43. The molecule has 0 aromatic carbocycles. The van der Waals surface area contributed by atoms with Gasteiger partial charge in [0.05, 0.1) is 18.3 Å². The molecule has 1 aliphatic heterocycles. The second-order valence-corrected chi connectivity index (χ2v) is 4.44. The number of carbonyl (C=O) groups is 1. The van der Waals surface area contributed by atoms with Gasteiger partial charge in [0.25, 0.3) is 0 Å². The lowest BCUT2D eigenvalue weighted by molar-refractivity contribution is -0.132. The Labute approximate surface area is 106 Å². The molecule has 6 nitrogen and oxygen atoms in total. The van der Waals surface area contributed by atoms with E-state index in [1.165, 1.54) is 0 Å². The molecule has 96 valence electrons. The maximum atomic E-state index is 12.1. The first-order valence-electron chi connectivity index (χ1n) is 5.92. The SMILES string of the molecule is Cn1nccc1CNC(=O)C1(C#N)CCOCC1. The molecule has 0 aliphatic carbocycles. The highest BCUT2D eigenvalue weighted by atomic mass is 16.5. The molecule has 1 aromatic rings. The summed E-state index contributed by atoms with van der Waals surface area (Å²) in [5, 5.41) is 16.1. The first kappa shape index (κ1) is 12.6. The van der Waals surface area contributed by atoms with Gasteiger partial charge in [0.15, 0.2) is 0 Å². The minimum Gasteiger partial charge on any atom is -0.381 e. The highest BCUT2D eigenvalue weighted by molar-refractivity contribution is 5.85. The Morgan fingerprint density at radius 3 is 2.94 bits per heavy atom. The van der Waals surface area contributed by atoms with Gasteiger partial charge in [-0.15, -0.1) is 0 Å². The van der Waals surface area contributed by atoms with E-state index in [1.807, 2.05) is 13.1 Å². The first-order valence-corrected chi connectivity index (χ1v) is 5.92. The topological polar surface area (TPSA) is 79.9 Å². The Balaban J connectivity index is 1.99. The van der Waals surface area contributed by atoms with E-state index in [2.05, 4.69) is 16.5 Å². The van der Waals surface area contributed by atoms with Gasteiger partial charge in [-0.3, -0.25) is 9.48 Å². The highest BCUT2D eigenvalue weighted by Crippen LogP contribution is 2.29. The van der Waals surface area contributed by atoms with E-state index < -0.39 is 5.41 Å². The van der Waals surface area contributed by atoms with Crippen molar-refractivity contribution < 1.29 is 9.53 Å². The molecule has 0 spiro atoms. The molecule has 0 radical (unpaired) electrons. The average molecular weight is 248 g/mol. The second kappa shape index (κ2) is 5.19. The van der Waals surface area contributed by atoms with Crippen LogP contribution in [0, 0.1) is 16.7 Å². The summed E-state index contributed by atoms with van der Waals surface area (Å²) >= 11 is 0. The quantitative estimate of drug-likeness (QED) is 0.837. The zero-order chi connectivity index (χ0) is 13.0. The summed E-state index contributed by atoms with van der Waals surface area (Å²) < 4.78 is 6.90. The van der Waals surface area contributed by atoms with Crippen LogP contribution in [0.15, 0.2) is 12.3 Å². The van der Waals surface area contributed by atoms with Crippen LogP contribution in [-0.4, -0.2) is 28.9 Å². The van der Waals surface area contributed by atoms with Crippen LogP contribution in [0.3, 0.4) is 0 Å². The Kier molecular flexibility index (Phi) is 3.63. The smallest absolute Gasteiger partial charge is 0.240 e. The van der Waals surface area contributed by atoms with Gasteiger partial charge < -0.3 is 10.1 Å². The van der Waals surface area contributed by atoms with Crippen LogP contribution in [0.5, 0.6) is 0 Å². The van der Waals surface area contributed by atoms with E-state index >= 15 is 0 Å². The first-order chi connectivity index (χ1) is 8.68. The van der Waals surface area contributed by atoms with Crippen molar-refractivity contribution >= 4 is 5.91 Å². The fourth-order valence-corrected chi connectivity index (χ4v) is 2.02. The van der Waals surface area contributed by atoms with Gasteiger partial charge in [-0.05, 0) is 18.9 Å². The van der Waals surface area contributed by atoms with Crippen LogP contribution in [0.1, 0.15) is 18.5 Å². The van der Waals surface area contributed by atoms with Crippen LogP contribution in [0.25, 0.3) is 0 Å². The van der Waals surface area contributed by atoms with Gasteiger partial charge in [0, 0.05) is 26.5 Å². The fourth-order valence-electron chi connectivity index (χ4n) is 2.02. The molecule has 0 unspecified atom stereocenters. The van der Waals surface area contributed by atoms with Crippen molar-refractivity contribution in [3.63, 3.8) is 0 Å². The third-order valence-corrected chi connectivity index (χ3v) is 3.35. The fraction of sp³-hybridized carbons (Fsp3) is 0.583. The lowest BCUT2D eigenvalue weighted by Gasteiger charge is -2.29. The van der Waals surface area contributed by atoms with Crippen molar-refractivity contribution in [3.8, 4) is 6.07 Å². The van der Waals surface area contributed by atoms with Crippen LogP contribution in [0.4, 0.5) is 0 Å². The van der Waals surface area contributed by atoms with Gasteiger partial charge in [-0.25, -0.2) is 0 Å². The van der Waals surface area contributed by atoms with Gasteiger partial charge in [0.2, 0.25) is 5.91 Å². The van der Waals surface area contributed by atoms with Crippen molar-refractivity contribution in [2.45, 2.75) is 19.4 Å². The largest absolute Gasteiger partial charge is 0.381 e. The maximum Gasteiger partial charge on any atom is 0.240 e. The Morgan fingerprint density at radius 1 is 1.67 bits per heavy atom. The summed E-state index contributed by atoms with van der Waals surface area (Å²) in [6.07, 6.45) is 2.59. The molecule has 18 heavy (non-hydrogen) atoms. The van der Waals surface area contributed by atoms with E-state index in [-0.39, 0.29) is 5.91 Å². The number of aromatic nitrogens is 2. The highest BCUT2D eigenvalue weighted by Gasteiger charge is 2.40. The molecule has 1 aromatic heterocycles. The van der Waals surface area contributed by atoms with Crippen LogP contribution >= 0.6 is 0 Å². The molecular weight excluding hydrogens is 232 g/mol. The number of nitriles is 1. The van der Waals surface area contributed by atoms with Gasteiger partial charge in [0.1, 0.15) is 5.41 Å². The second-order valence-electron chi connectivity index (χ2n) is 4.44. The zero-order valence-electron chi connectivity index (χ0n) is 10.3. The number of carbonyl (C=O) groups excluding carboxylic acids is 1. The zero-order valence-corrected chi connectivity index (χ0v) is 10.3. The minimum absolute atomic E-state index is 0.213. The number of nitrogens with one attached hydrogen (secondary N) is 1. The van der Waals surface area contributed by atoms with Gasteiger partial charge in [-0.2, -0.15) is 10.4 Å². The minimum atomic E-state index is -0.934. The summed E-state index contributed by atoms with van der Waals surface area (Å²) in [5.41, 5.74) is -0.0277. The molecule has 1 aliphatic rings. The molecule has 1 fully saturated rings. The van der Waals surface area contributed by atoms with Crippen molar-refractivity contribution in [1.29, 1.82) is 5.26 Å². The molecule has 0 saturated carbocycles. The number of hydrogen-bond acceptors (Lipinski definition) is 4. The Hall–Kier alpha value is -1.87. The Bertz CT molecular complexity index is 469. The molecule has 0 atom stereocenters. The normalized spacial score (nSPS) is 18.0. The number of aryl methyl sites for hydroxylation is 1. The third kappa shape index (κ3) is 2.36. The summed E-state index contributed by atoms with van der Waals surface area (Å²) in [6, 6.07) is 3.98. The number of hydrogen-bond donors (Lipinski definition) is 1. The van der Waals surface area contributed by atoms with Crippen LogP contribution in [0.2, 0.25) is 0 Å². The summed E-state index contributed by atoms with van der Waals surface area (Å²) in [7, 11) is 1.82. The van der Waals surface area contributed by atoms with Crippen molar-refractivity contribution in [1.82, 2.24) is 15.1 Å². The van der Waals surface area contributed by atoms with E-state index in [1.54, 1.807) is 10.9 Å². The summed E-state index contributed by atoms with van der Waals surface area (Å²) in [4.78, 5) is 12.1. The molecule has 6 heteroatoms. The predicted octanol–water partition coefficient (Wildman–Crippen LogP) is 0.357. The number of rotatable bonds is 3. The predicted molar refractivity (Wildman–Crippen MR) is 63.2 cm³/mol. The van der Waals surface area contributed by atoms with Crippen molar-refractivity contribution in [2.24, 2.45) is 12.5 Å². The number of amides is 1. The summed E-state index contributed by atoms with van der Waals surface area (Å²) in [5.74, 6) is -0.213. The van der Waals surface area contributed by atoms with E-state index in [0.717, 1.165) is 5.69 Å². The van der Waals surface area contributed by atoms with Crippen molar-refractivity contribution in [3.05, 3.63) is 18.0 Å². The van der Waals surface area contributed by atoms with E-state index in [0.29, 0.717) is 32.6 Å². The molecule has 1 N–H and O–H groups in total. The third-order valence-electron chi connectivity index (χ3n) is 3.35. The molecular formula is C12H16N4O2. The maximum absolute atomic E-state index is 12.1. The number of nitrogens with zero attached hydrogens (tertiary/aromatic N) is 3. The number of ether oxygens (including phenoxy) is 1. The Morgan fingerprint density at radius 2 is 2.39 bits per heavy atom. The molecule has 0 bridgehead atoms. The molecule has 2 rings (SSSR count). The summed E-state index contributed by atoms with van der Waals surface area (Å²) in [6.45, 7) is 1.32. The molecule has 2 heterocycles. The average Bonchev–Trinajstić information content (AvgIpc) is 2.82. The van der Waals surface area contributed by atoms with E-state index in [4.69, 9.17) is 4.74 Å². The van der Waals surface area contributed by atoms with Gasteiger partial charge in [-0.1, -0.05) is 0 Å². The molecule has 1 saturated heterocycles. The molecule has 1 amide bonds.